The van der Waals surface area contributed by atoms with Gasteiger partial charge in [-0.05, 0) is 37.1 Å². The molecule has 160 valence electrons. The Hall–Kier alpha value is -3.19. The van der Waals surface area contributed by atoms with Gasteiger partial charge in [-0.25, -0.2) is 4.98 Å². The smallest absolute Gasteiger partial charge is 0.227 e. The van der Waals surface area contributed by atoms with E-state index in [1.807, 2.05) is 42.6 Å². The standard InChI is InChI=1S/C24H25N3O3S/c1-15-8-9-21(30-3)20(10-15)27-13-17(11-22(27)28)23(29)25-12-18-14-31-24(26-18)19-7-5-4-6-16(19)2/h4-10,14,17H,11-13H2,1-3H3,(H,25,29). The zero-order valence-corrected chi connectivity index (χ0v) is 18.7. The van der Waals surface area contributed by atoms with Gasteiger partial charge in [0, 0.05) is 23.9 Å². The molecule has 1 aliphatic rings. The van der Waals surface area contributed by atoms with E-state index < -0.39 is 5.92 Å². The van der Waals surface area contributed by atoms with Crippen LogP contribution in [0.15, 0.2) is 47.8 Å². The number of carbonyl (C=O) groups excluding carboxylic acids is 2. The molecule has 0 saturated carbocycles. The lowest BCUT2D eigenvalue weighted by molar-refractivity contribution is -0.126. The van der Waals surface area contributed by atoms with E-state index >= 15 is 0 Å². The summed E-state index contributed by atoms with van der Waals surface area (Å²) in [5.74, 6) is 0.0332. The molecule has 3 aromatic rings. The monoisotopic (exact) mass is 435 g/mol. The molecular weight excluding hydrogens is 410 g/mol. The van der Waals surface area contributed by atoms with Crippen LogP contribution >= 0.6 is 11.3 Å². The van der Waals surface area contributed by atoms with Crippen LogP contribution in [-0.4, -0.2) is 30.5 Å². The first kappa shape index (κ1) is 21.1. The molecule has 1 atom stereocenters. The molecule has 2 aromatic carbocycles. The molecule has 2 amide bonds. The number of hydrogen-bond acceptors (Lipinski definition) is 5. The van der Waals surface area contributed by atoms with Crippen LogP contribution in [0, 0.1) is 19.8 Å². The molecule has 2 heterocycles. The highest BCUT2D eigenvalue weighted by Crippen LogP contribution is 2.34. The Morgan fingerprint density at radius 2 is 2.06 bits per heavy atom. The first-order chi connectivity index (χ1) is 15.0. The average molecular weight is 436 g/mol. The van der Waals surface area contributed by atoms with Crippen LogP contribution in [-0.2, 0) is 16.1 Å². The number of nitrogens with zero attached hydrogens (tertiary/aromatic N) is 2. The highest BCUT2D eigenvalue weighted by molar-refractivity contribution is 7.13. The summed E-state index contributed by atoms with van der Waals surface area (Å²) < 4.78 is 5.41. The maximum Gasteiger partial charge on any atom is 0.227 e. The number of ether oxygens (including phenoxy) is 1. The van der Waals surface area contributed by atoms with Gasteiger partial charge in [-0.2, -0.15) is 0 Å². The van der Waals surface area contributed by atoms with Crippen LogP contribution in [0.1, 0.15) is 23.2 Å². The fraction of sp³-hybridized carbons (Fsp3) is 0.292. The number of aromatic nitrogens is 1. The van der Waals surface area contributed by atoms with E-state index in [1.165, 1.54) is 5.56 Å². The van der Waals surface area contributed by atoms with Gasteiger partial charge in [0.25, 0.3) is 0 Å². The first-order valence-electron chi connectivity index (χ1n) is 10.2. The van der Waals surface area contributed by atoms with Gasteiger partial charge in [0.2, 0.25) is 11.8 Å². The molecule has 7 heteroatoms. The molecule has 6 nitrogen and oxygen atoms in total. The quantitative estimate of drug-likeness (QED) is 0.633. The van der Waals surface area contributed by atoms with E-state index in [0.717, 1.165) is 21.8 Å². The second kappa shape index (κ2) is 8.89. The normalized spacial score (nSPS) is 15.9. The van der Waals surface area contributed by atoms with Crippen molar-refractivity contribution >= 4 is 28.8 Å². The highest BCUT2D eigenvalue weighted by Gasteiger charge is 2.36. The molecule has 31 heavy (non-hydrogen) atoms. The van der Waals surface area contributed by atoms with Gasteiger partial charge in [-0.1, -0.05) is 30.3 Å². The van der Waals surface area contributed by atoms with Crippen molar-refractivity contribution in [3.05, 3.63) is 64.7 Å². The summed E-state index contributed by atoms with van der Waals surface area (Å²) in [5.41, 5.74) is 4.84. The molecule has 4 rings (SSSR count). The Bertz CT molecular complexity index is 1120. The van der Waals surface area contributed by atoms with E-state index in [1.54, 1.807) is 23.3 Å². The van der Waals surface area contributed by atoms with E-state index in [4.69, 9.17) is 4.74 Å². The fourth-order valence-electron chi connectivity index (χ4n) is 3.77. The lowest BCUT2D eigenvalue weighted by Gasteiger charge is -2.20. The number of carbonyl (C=O) groups is 2. The summed E-state index contributed by atoms with van der Waals surface area (Å²) in [4.78, 5) is 31.7. The van der Waals surface area contributed by atoms with Crippen molar-refractivity contribution in [3.8, 4) is 16.3 Å². The minimum absolute atomic E-state index is 0.0699. The lowest BCUT2D eigenvalue weighted by Crippen LogP contribution is -2.32. The number of rotatable bonds is 6. The maximum absolute atomic E-state index is 12.7. The summed E-state index contributed by atoms with van der Waals surface area (Å²) in [7, 11) is 1.58. The SMILES string of the molecule is COc1ccc(C)cc1N1CC(C(=O)NCc2csc(-c3ccccc3C)n2)CC1=O. The number of anilines is 1. The molecular formula is C24H25N3O3S. The number of amides is 2. The molecule has 1 unspecified atom stereocenters. The van der Waals surface area contributed by atoms with Crippen LogP contribution in [0.5, 0.6) is 5.75 Å². The van der Waals surface area contributed by atoms with Crippen LogP contribution < -0.4 is 15.0 Å². The molecule has 1 aromatic heterocycles. The van der Waals surface area contributed by atoms with Gasteiger partial charge in [0.15, 0.2) is 0 Å². The van der Waals surface area contributed by atoms with Gasteiger partial charge in [-0.3, -0.25) is 9.59 Å². The number of methoxy groups -OCH3 is 1. The molecule has 1 N–H and O–H groups in total. The van der Waals surface area contributed by atoms with E-state index in [0.29, 0.717) is 24.5 Å². The van der Waals surface area contributed by atoms with Crippen molar-refractivity contribution in [1.82, 2.24) is 10.3 Å². The Labute approximate surface area is 185 Å². The number of thiazole rings is 1. The zero-order chi connectivity index (χ0) is 22.0. The Morgan fingerprint density at radius 1 is 1.26 bits per heavy atom. The summed E-state index contributed by atoms with van der Waals surface area (Å²) in [6.07, 6.45) is 0.189. The third kappa shape index (κ3) is 4.46. The van der Waals surface area contributed by atoms with E-state index in [-0.39, 0.29) is 18.2 Å². The van der Waals surface area contributed by atoms with Gasteiger partial charge in [-0.15, -0.1) is 11.3 Å². The number of aryl methyl sites for hydroxylation is 2. The number of nitrogens with one attached hydrogen (secondary N) is 1. The molecule has 0 aliphatic carbocycles. The van der Waals surface area contributed by atoms with Crippen molar-refractivity contribution in [1.29, 1.82) is 0 Å². The molecule has 0 radical (unpaired) electrons. The molecule has 0 bridgehead atoms. The topological polar surface area (TPSA) is 71.5 Å². The van der Waals surface area contributed by atoms with Crippen molar-refractivity contribution in [2.75, 3.05) is 18.6 Å². The fourth-order valence-corrected chi connectivity index (χ4v) is 4.68. The predicted molar refractivity (Wildman–Crippen MR) is 122 cm³/mol. The largest absolute Gasteiger partial charge is 0.495 e. The third-order valence-corrected chi connectivity index (χ3v) is 6.42. The minimum Gasteiger partial charge on any atom is -0.495 e. The zero-order valence-electron chi connectivity index (χ0n) is 17.8. The van der Waals surface area contributed by atoms with E-state index in [2.05, 4.69) is 29.4 Å². The van der Waals surface area contributed by atoms with Gasteiger partial charge in [0.05, 0.1) is 31.0 Å². The Kier molecular flexibility index (Phi) is 6.04. The van der Waals surface area contributed by atoms with Crippen LogP contribution in [0.4, 0.5) is 5.69 Å². The summed E-state index contributed by atoms with van der Waals surface area (Å²) in [5, 5.41) is 5.85. The van der Waals surface area contributed by atoms with Gasteiger partial charge >= 0.3 is 0 Å². The van der Waals surface area contributed by atoms with E-state index in [9.17, 15) is 9.59 Å². The lowest BCUT2D eigenvalue weighted by atomic mass is 10.1. The number of benzene rings is 2. The molecule has 0 spiro atoms. The Morgan fingerprint density at radius 3 is 2.84 bits per heavy atom. The van der Waals surface area contributed by atoms with Crippen LogP contribution in [0.3, 0.4) is 0 Å². The number of hydrogen-bond donors (Lipinski definition) is 1. The predicted octanol–water partition coefficient (Wildman–Crippen LogP) is 4.10. The van der Waals surface area contributed by atoms with Gasteiger partial charge < -0.3 is 15.0 Å². The van der Waals surface area contributed by atoms with Crippen LogP contribution in [0.2, 0.25) is 0 Å². The second-order valence-electron chi connectivity index (χ2n) is 7.76. The van der Waals surface area contributed by atoms with Crippen LogP contribution in [0.25, 0.3) is 10.6 Å². The molecule has 1 aliphatic heterocycles. The average Bonchev–Trinajstić information content (AvgIpc) is 3.39. The molecule has 1 fully saturated rings. The first-order valence-corrected chi connectivity index (χ1v) is 11.1. The Balaban J connectivity index is 1.40. The van der Waals surface area contributed by atoms with Crippen molar-refractivity contribution in [2.45, 2.75) is 26.8 Å². The minimum atomic E-state index is -0.396. The highest BCUT2D eigenvalue weighted by atomic mass is 32.1. The van der Waals surface area contributed by atoms with Crippen molar-refractivity contribution in [2.24, 2.45) is 5.92 Å². The van der Waals surface area contributed by atoms with Crippen molar-refractivity contribution < 1.29 is 14.3 Å². The maximum atomic E-state index is 12.7. The third-order valence-electron chi connectivity index (χ3n) is 5.49. The summed E-state index contributed by atoms with van der Waals surface area (Å²) in [6.45, 7) is 4.71. The van der Waals surface area contributed by atoms with Gasteiger partial charge in [0.1, 0.15) is 10.8 Å². The van der Waals surface area contributed by atoms with Crippen molar-refractivity contribution in [3.63, 3.8) is 0 Å². The molecule has 1 saturated heterocycles. The second-order valence-corrected chi connectivity index (χ2v) is 8.62. The summed E-state index contributed by atoms with van der Waals surface area (Å²) >= 11 is 1.57. The summed E-state index contributed by atoms with van der Waals surface area (Å²) in [6, 6.07) is 13.8.